The minimum Gasteiger partial charge on any atom is -0.267 e. The minimum absolute atomic E-state index is 0.0135. The van der Waals surface area contributed by atoms with Crippen molar-refractivity contribution < 1.29 is 17.6 Å². The lowest BCUT2D eigenvalue weighted by Crippen LogP contribution is -2.38. The van der Waals surface area contributed by atoms with E-state index in [1.807, 2.05) is 18.2 Å². The van der Waals surface area contributed by atoms with Crippen LogP contribution in [-0.2, 0) is 10.0 Å². The smallest absolute Gasteiger partial charge is 0.267 e. The topological polar surface area (TPSA) is 82.9 Å². The van der Waals surface area contributed by atoms with Crippen molar-refractivity contribution in [3.8, 4) is 0 Å². The molecule has 4 aromatic rings. The van der Waals surface area contributed by atoms with E-state index in [0.29, 0.717) is 16.2 Å². The van der Waals surface area contributed by atoms with Crippen molar-refractivity contribution >= 4 is 64.8 Å². The van der Waals surface area contributed by atoms with E-state index in [1.54, 1.807) is 19.2 Å². The zero-order valence-electron chi connectivity index (χ0n) is 21.1. The molecular formula is C28H26BrFN4O3S2. The van der Waals surface area contributed by atoms with Crippen LogP contribution in [0, 0.1) is 5.82 Å². The van der Waals surface area contributed by atoms with Gasteiger partial charge in [0.15, 0.2) is 0 Å². The summed E-state index contributed by atoms with van der Waals surface area (Å²) in [5, 5.41) is 5.92. The van der Waals surface area contributed by atoms with Crippen molar-refractivity contribution in [1.29, 1.82) is 0 Å². The molecule has 0 saturated heterocycles. The highest BCUT2D eigenvalue weighted by Gasteiger charge is 2.29. The SMILES string of the molecule is CN(C1CCCCC1)S(=O)(=O)c1ccc(C(=O)N(/N=C/c2ccc(F)cc2)c2nc3ccc(Br)cc3s2)cc1. The Bertz CT molecular complexity index is 1620. The molecule has 7 nitrogen and oxygen atoms in total. The van der Waals surface area contributed by atoms with Crippen molar-refractivity contribution in [1.82, 2.24) is 9.29 Å². The fraction of sp³-hybridized carbons (Fsp3) is 0.250. The molecule has 202 valence electrons. The van der Waals surface area contributed by atoms with Gasteiger partial charge in [-0.15, -0.1) is 0 Å². The van der Waals surface area contributed by atoms with Gasteiger partial charge in [-0.2, -0.15) is 14.4 Å². The van der Waals surface area contributed by atoms with Gasteiger partial charge in [0.1, 0.15) is 5.82 Å². The molecule has 5 rings (SSSR count). The number of hydrazone groups is 1. The summed E-state index contributed by atoms with van der Waals surface area (Å²) in [6.07, 6.45) is 6.34. The highest BCUT2D eigenvalue weighted by molar-refractivity contribution is 9.10. The minimum atomic E-state index is -3.69. The first kappa shape index (κ1) is 27.6. The predicted molar refractivity (Wildman–Crippen MR) is 156 cm³/mol. The maximum atomic E-state index is 13.7. The molecule has 0 atom stereocenters. The number of aromatic nitrogens is 1. The summed E-state index contributed by atoms with van der Waals surface area (Å²) in [5.74, 6) is -0.850. The summed E-state index contributed by atoms with van der Waals surface area (Å²) in [5.41, 5.74) is 1.57. The Kier molecular flexibility index (Phi) is 8.22. The summed E-state index contributed by atoms with van der Waals surface area (Å²) in [6, 6.07) is 17.2. The first-order valence-corrected chi connectivity index (χ1v) is 15.6. The average Bonchev–Trinajstić information content (AvgIpc) is 3.37. The van der Waals surface area contributed by atoms with Crippen LogP contribution in [0.15, 0.2) is 81.2 Å². The van der Waals surface area contributed by atoms with Gasteiger partial charge in [-0.3, -0.25) is 4.79 Å². The second-order valence-electron chi connectivity index (χ2n) is 9.36. The van der Waals surface area contributed by atoms with E-state index in [-0.39, 0.29) is 22.3 Å². The predicted octanol–water partition coefficient (Wildman–Crippen LogP) is 6.83. The number of amides is 1. The fourth-order valence-electron chi connectivity index (χ4n) is 4.54. The van der Waals surface area contributed by atoms with E-state index in [4.69, 9.17) is 0 Å². The third-order valence-corrected chi connectivity index (χ3v) is 10.2. The molecule has 0 unspecified atom stereocenters. The molecule has 0 bridgehead atoms. The van der Waals surface area contributed by atoms with Gasteiger partial charge in [0, 0.05) is 23.1 Å². The summed E-state index contributed by atoms with van der Waals surface area (Å²) in [7, 11) is -2.06. The number of fused-ring (bicyclic) bond motifs is 1. The number of benzene rings is 3. The Balaban J connectivity index is 1.45. The molecule has 1 heterocycles. The van der Waals surface area contributed by atoms with Crippen molar-refractivity contribution in [3.05, 3.63) is 88.1 Å². The highest BCUT2D eigenvalue weighted by Crippen LogP contribution is 2.32. The molecule has 0 N–H and O–H groups in total. The third kappa shape index (κ3) is 6.11. The second-order valence-corrected chi connectivity index (χ2v) is 13.3. The number of hydrogen-bond acceptors (Lipinski definition) is 6. The number of sulfonamides is 1. The standard InChI is InChI=1S/C28H26BrFN4O3S2/c1-33(23-5-3-2-4-6-23)39(36,37)24-14-9-20(10-15-24)27(35)34(31-18-19-7-12-22(30)13-8-19)28-32-25-16-11-21(29)17-26(25)38-28/h7-18,23H,2-6H2,1H3/b31-18+. The van der Waals surface area contributed by atoms with E-state index in [1.165, 1.54) is 63.3 Å². The molecule has 1 aromatic heterocycles. The lowest BCUT2D eigenvalue weighted by Gasteiger charge is -2.30. The highest BCUT2D eigenvalue weighted by atomic mass is 79.9. The van der Waals surface area contributed by atoms with Crippen LogP contribution in [0.25, 0.3) is 10.2 Å². The zero-order valence-corrected chi connectivity index (χ0v) is 24.3. The largest absolute Gasteiger partial charge is 0.280 e. The maximum Gasteiger partial charge on any atom is 0.280 e. The molecule has 0 spiro atoms. The number of nitrogens with zero attached hydrogens (tertiary/aromatic N) is 4. The monoisotopic (exact) mass is 628 g/mol. The van der Waals surface area contributed by atoms with Gasteiger partial charge in [0.05, 0.1) is 21.3 Å². The van der Waals surface area contributed by atoms with E-state index >= 15 is 0 Å². The molecule has 1 aliphatic rings. The molecule has 1 fully saturated rings. The summed E-state index contributed by atoms with van der Waals surface area (Å²) < 4.78 is 43.1. The summed E-state index contributed by atoms with van der Waals surface area (Å²) >= 11 is 4.75. The molecule has 0 aliphatic heterocycles. The molecule has 1 aliphatic carbocycles. The number of rotatable bonds is 7. The van der Waals surface area contributed by atoms with E-state index < -0.39 is 15.9 Å². The number of carbonyl (C=O) groups is 1. The normalized spacial score (nSPS) is 14.9. The van der Waals surface area contributed by atoms with Crippen LogP contribution >= 0.6 is 27.3 Å². The average molecular weight is 630 g/mol. The molecule has 39 heavy (non-hydrogen) atoms. The van der Waals surface area contributed by atoms with Gasteiger partial charge in [-0.1, -0.05) is 58.7 Å². The zero-order chi connectivity index (χ0) is 27.6. The molecule has 1 saturated carbocycles. The number of anilines is 1. The van der Waals surface area contributed by atoms with Crippen molar-refractivity contribution in [2.24, 2.45) is 5.10 Å². The van der Waals surface area contributed by atoms with Gasteiger partial charge >= 0.3 is 0 Å². The number of halogens is 2. The number of carbonyl (C=O) groups excluding carboxylic acids is 1. The van der Waals surface area contributed by atoms with Crippen LogP contribution in [0.3, 0.4) is 0 Å². The Morgan fingerprint density at radius 1 is 1.05 bits per heavy atom. The summed E-state index contributed by atoms with van der Waals surface area (Å²) in [4.78, 5) is 18.4. The van der Waals surface area contributed by atoms with Crippen LogP contribution in [0.5, 0.6) is 0 Å². The van der Waals surface area contributed by atoms with E-state index in [0.717, 1.165) is 41.3 Å². The Labute approximate surface area is 239 Å². The van der Waals surface area contributed by atoms with E-state index in [2.05, 4.69) is 26.0 Å². The van der Waals surface area contributed by atoms with Gasteiger partial charge < -0.3 is 0 Å². The quantitative estimate of drug-likeness (QED) is 0.166. The van der Waals surface area contributed by atoms with Crippen LogP contribution in [0.1, 0.15) is 48.0 Å². The van der Waals surface area contributed by atoms with Crippen LogP contribution in [0.4, 0.5) is 9.52 Å². The van der Waals surface area contributed by atoms with E-state index in [9.17, 15) is 17.6 Å². The van der Waals surface area contributed by atoms with Gasteiger partial charge in [-0.25, -0.2) is 17.8 Å². The van der Waals surface area contributed by atoms with Crippen LogP contribution < -0.4 is 5.01 Å². The third-order valence-electron chi connectivity index (χ3n) is 6.77. The van der Waals surface area contributed by atoms with Gasteiger partial charge in [-0.05, 0) is 73.0 Å². The van der Waals surface area contributed by atoms with Crippen LogP contribution in [0.2, 0.25) is 0 Å². The Morgan fingerprint density at radius 2 is 1.74 bits per heavy atom. The number of thiazole rings is 1. The van der Waals surface area contributed by atoms with Crippen molar-refractivity contribution in [2.45, 2.75) is 43.0 Å². The molecule has 3 aromatic carbocycles. The number of hydrogen-bond donors (Lipinski definition) is 0. The fourth-order valence-corrected chi connectivity index (χ4v) is 7.43. The van der Waals surface area contributed by atoms with Gasteiger partial charge in [0.2, 0.25) is 15.2 Å². The molecular weight excluding hydrogens is 603 g/mol. The Hall–Kier alpha value is -2.99. The first-order chi connectivity index (χ1) is 18.7. The molecule has 1 amide bonds. The maximum absolute atomic E-state index is 13.7. The van der Waals surface area contributed by atoms with Crippen molar-refractivity contribution in [2.75, 3.05) is 12.1 Å². The Morgan fingerprint density at radius 3 is 2.44 bits per heavy atom. The van der Waals surface area contributed by atoms with Gasteiger partial charge in [0.25, 0.3) is 5.91 Å². The molecule has 11 heteroatoms. The first-order valence-electron chi connectivity index (χ1n) is 12.5. The van der Waals surface area contributed by atoms with Crippen molar-refractivity contribution in [3.63, 3.8) is 0 Å². The second kappa shape index (κ2) is 11.6. The molecule has 0 radical (unpaired) electrons. The summed E-state index contributed by atoms with van der Waals surface area (Å²) in [6.45, 7) is 0. The lowest BCUT2D eigenvalue weighted by atomic mass is 9.96. The van der Waals surface area contributed by atoms with Crippen LogP contribution in [-0.4, -0.2) is 42.9 Å². The lowest BCUT2D eigenvalue weighted by molar-refractivity contribution is 0.0987.